The third kappa shape index (κ3) is 6.56. The molecule has 0 radical (unpaired) electrons. The molecule has 0 heterocycles. The smallest absolute Gasteiger partial charge is 0.519 e. The van der Waals surface area contributed by atoms with Gasteiger partial charge in [0.1, 0.15) is 10.1 Å². The molecule has 2 aromatic rings. The molecule has 0 saturated heterocycles. The molecule has 23 heavy (non-hydrogen) atoms. The van der Waals surface area contributed by atoms with Crippen molar-refractivity contribution in [2.24, 2.45) is 0 Å². The van der Waals surface area contributed by atoms with Crippen LogP contribution in [0.5, 0.6) is 0 Å². The number of benzene rings is 2. The van der Waals surface area contributed by atoms with Gasteiger partial charge in [0.25, 0.3) is 0 Å². The second-order valence-corrected chi connectivity index (χ2v) is 7.78. The van der Waals surface area contributed by atoms with Gasteiger partial charge < -0.3 is 9.29 Å². The average molecular weight is 450 g/mol. The fraction of sp³-hybridized carbons (Fsp3) is 0.250. The van der Waals surface area contributed by atoms with Crippen molar-refractivity contribution in [1.29, 1.82) is 0 Å². The van der Waals surface area contributed by atoms with E-state index in [4.69, 9.17) is 8.17 Å². The van der Waals surface area contributed by atoms with E-state index in [0.29, 0.717) is 0 Å². The molecule has 0 spiro atoms. The van der Waals surface area contributed by atoms with Crippen molar-refractivity contribution in [2.45, 2.75) is 24.8 Å². The number of ether oxygens (including phenoxy) is 1. The van der Waals surface area contributed by atoms with Crippen LogP contribution in [0.4, 0.5) is 0 Å². The molecule has 0 aliphatic heterocycles. The van der Waals surface area contributed by atoms with Crippen molar-refractivity contribution in [3.8, 4) is 0 Å². The number of halogens is 1. The second kappa shape index (κ2) is 9.33. The zero-order chi connectivity index (χ0) is 17.5. The molecule has 0 amide bonds. The highest BCUT2D eigenvalue weighted by molar-refractivity contribution is 7.85. The molecule has 1 N–H and O–H groups in total. The molecule has 2 aromatic carbocycles. The van der Waals surface area contributed by atoms with Crippen LogP contribution < -0.4 is 21.6 Å². The van der Waals surface area contributed by atoms with Crippen molar-refractivity contribution >= 4 is 10.1 Å². The predicted molar refractivity (Wildman–Crippen MR) is 81.9 cm³/mol. The van der Waals surface area contributed by atoms with Crippen molar-refractivity contribution in [3.63, 3.8) is 0 Å². The summed E-state index contributed by atoms with van der Waals surface area (Å²) in [5, 5.41) is 0. The van der Waals surface area contributed by atoms with Crippen molar-refractivity contribution in [1.82, 2.24) is 0 Å². The minimum absolute atomic E-state index is 0.0769. The highest BCUT2D eigenvalue weighted by Gasteiger charge is 2.18. The van der Waals surface area contributed by atoms with Crippen LogP contribution in [0.1, 0.15) is 24.2 Å². The maximum atomic E-state index is 10.4. The van der Waals surface area contributed by atoms with Crippen LogP contribution in [0, 0.1) is 10.5 Å². The number of aryl methyl sites for hydroxylation is 1. The first-order valence-electron chi connectivity index (χ1n) is 6.72. The van der Waals surface area contributed by atoms with Crippen LogP contribution in [0.2, 0.25) is 0 Å². The SMILES string of the molecule is CO[C@@H](C)c1ccccc1[I+]O.Cc1ccc(S(=O)(=O)[O-])cc1. The number of hydrogen-bond donors (Lipinski definition) is 1. The second-order valence-electron chi connectivity index (χ2n) is 4.75. The highest BCUT2D eigenvalue weighted by Crippen LogP contribution is 2.14. The van der Waals surface area contributed by atoms with Gasteiger partial charge in [-0.25, -0.2) is 8.42 Å². The zero-order valence-electron chi connectivity index (χ0n) is 13.1. The molecule has 5 nitrogen and oxygen atoms in total. The normalized spacial score (nSPS) is 12.2. The predicted octanol–water partition coefficient (Wildman–Crippen LogP) is -0.541. The molecule has 0 bridgehead atoms. The van der Waals surface area contributed by atoms with Crippen molar-refractivity contribution < 1.29 is 42.8 Å². The van der Waals surface area contributed by atoms with Gasteiger partial charge in [-0.1, -0.05) is 35.9 Å². The summed E-state index contributed by atoms with van der Waals surface area (Å²) < 4.78 is 46.5. The quantitative estimate of drug-likeness (QED) is 0.500. The van der Waals surface area contributed by atoms with Crippen molar-refractivity contribution in [3.05, 3.63) is 63.2 Å². The largest absolute Gasteiger partial charge is 0.744 e. The van der Waals surface area contributed by atoms with Gasteiger partial charge >= 0.3 is 21.6 Å². The Kier molecular flexibility index (Phi) is 8.13. The minimum atomic E-state index is -4.27. The van der Waals surface area contributed by atoms with Crippen LogP contribution in [-0.4, -0.2) is 23.5 Å². The summed E-state index contributed by atoms with van der Waals surface area (Å²) >= 11 is -0.832. The Balaban J connectivity index is 0.000000231. The Morgan fingerprint density at radius 2 is 1.70 bits per heavy atom. The fourth-order valence-electron chi connectivity index (χ4n) is 1.71. The Hall–Kier alpha value is -1.00. The third-order valence-electron chi connectivity index (χ3n) is 3.10. The Morgan fingerprint density at radius 3 is 2.17 bits per heavy atom. The van der Waals surface area contributed by atoms with E-state index >= 15 is 0 Å². The molecule has 0 saturated carbocycles. The van der Waals surface area contributed by atoms with Gasteiger partial charge in [-0.05, 0) is 32.0 Å². The van der Waals surface area contributed by atoms with Crippen LogP contribution in [0.15, 0.2) is 53.4 Å². The molecule has 0 aliphatic carbocycles. The minimum Gasteiger partial charge on any atom is -0.744 e. The number of hydrogen-bond acceptors (Lipinski definition) is 5. The number of methoxy groups -OCH3 is 1. The molecular formula is C16H19IO5S. The fourth-order valence-corrected chi connectivity index (χ4v) is 3.45. The van der Waals surface area contributed by atoms with Gasteiger partial charge in [-0.15, -0.1) is 0 Å². The van der Waals surface area contributed by atoms with E-state index in [0.717, 1.165) is 14.7 Å². The summed E-state index contributed by atoms with van der Waals surface area (Å²) in [4.78, 5) is -0.178. The summed E-state index contributed by atoms with van der Waals surface area (Å²) in [5.74, 6) is 0. The van der Waals surface area contributed by atoms with E-state index in [9.17, 15) is 13.0 Å². The maximum absolute atomic E-state index is 10.4. The summed E-state index contributed by atoms with van der Waals surface area (Å²) in [7, 11) is -2.59. The van der Waals surface area contributed by atoms with Crippen LogP contribution in [0.25, 0.3) is 0 Å². The topological polar surface area (TPSA) is 86.7 Å². The highest BCUT2D eigenvalue weighted by atomic mass is 127. The monoisotopic (exact) mass is 450 g/mol. The van der Waals surface area contributed by atoms with Gasteiger partial charge in [-0.3, -0.25) is 0 Å². The van der Waals surface area contributed by atoms with E-state index in [1.807, 2.05) is 38.1 Å². The summed E-state index contributed by atoms with van der Waals surface area (Å²) in [6.45, 7) is 3.80. The molecule has 126 valence electrons. The van der Waals surface area contributed by atoms with Crippen LogP contribution in [-0.2, 0) is 14.9 Å². The molecule has 1 atom stereocenters. The zero-order valence-corrected chi connectivity index (χ0v) is 16.0. The maximum Gasteiger partial charge on any atom is 0.519 e. The summed E-state index contributed by atoms with van der Waals surface area (Å²) in [6, 6.07) is 13.6. The Morgan fingerprint density at radius 1 is 1.13 bits per heavy atom. The van der Waals surface area contributed by atoms with Crippen LogP contribution >= 0.6 is 0 Å². The molecule has 2 rings (SSSR count). The van der Waals surface area contributed by atoms with Gasteiger partial charge in [0.05, 0.1) is 11.0 Å². The molecule has 0 unspecified atom stereocenters. The Labute approximate surface area is 147 Å². The molecule has 0 fully saturated rings. The standard InChI is InChI=1S/C9H12IO2.C7H8O3S/c1-7(12-2)8-5-3-4-6-9(8)10-11;1-6-2-4-7(5-3-6)11(8,9)10/h3-7,11H,1-2H3;2-5H,1H3,(H,8,9,10)/q+1;/p-1/t7-;/m0./s1. The van der Waals surface area contributed by atoms with Gasteiger partial charge in [-0.2, -0.15) is 3.44 Å². The lowest BCUT2D eigenvalue weighted by Crippen LogP contribution is -3.61. The lowest BCUT2D eigenvalue weighted by Gasteiger charge is -2.07. The first-order chi connectivity index (χ1) is 10.8. The van der Waals surface area contributed by atoms with Crippen molar-refractivity contribution in [2.75, 3.05) is 7.11 Å². The van der Waals surface area contributed by atoms with Gasteiger partial charge in [0.2, 0.25) is 3.57 Å². The van der Waals surface area contributed by atoms with E-state index in [-0.39, 0.29) is 11.0 Å². The van der Waals surface area contributed by atoms with E-state index in [2.05, 4.69) is 0 Å². The third-order valence-corrected chi connectivity index (χ3v) is 5.45. The molecular weight excluding hydrogens is 431 g/mol. The number of rotatable bonds is 4. The van der Waals surface area contributed by atoms with E-state index < -0.39 is 31.7 Å². The van der Waals surface area contributed by atoms with Gasteiger partial charge in [0.15, 0.2) is 0 Å². The molecule has 0 aliphatic rings. The van der Waals surface area contributed by atoms with E-state index in [1.165, 1.54) is 12.1 Å². The van der Waals surface area contributed by atoms with E-state index in [1.54, 1.807) is 19.2 Å². The molecule has 7 heteroatoms. The summed E-state index contributed by atoms with van der Waals surface area (Å²) in [5.41, 5.74) is 2.03. The first-order valence-corrected chi connectivity index (χ1v) is 10.2. The lowest BCUT2D eigenvalue weighted by atomic mass is 10.1. The van der Waals surface area contributed by atoms with Gasteiger partial charge in [0, 0.05) is 12.7 Å². The Bertz CT molecular complexity index is 714. The molecule has 0 aromatic heterocycles. The lowest BCUT2D eigenvalue weighted by molar-refractivity contribution is -0.867. The first kappa shape index (κ1) is 20.0. The average Bonchev–Trinajstić information content (AvgIpc) is 2.54. The van der Waals surface area contributed by atoms with Crippen LogP contribution in [0.3, 0.4) is 0 Å². The summed E-state index contributed by atoms with van der Waals surface area (Å²) in [6.07, 6.45) is 0.0769.